The molecule has 0 bridgehead atoms. The summed E-state index contributed by atoms with van der Waals surface area (Å²) in [7, 11) is 0. The van der Waals surface area contributed by atoms with Crippen LogP contribution in [0.15, 0.2) is 18.2 Å². The number of halogens is 1. The molecule has 1 aromatic rings. The highest BCUT2D eigenvalue weighted by Crippen LogP contribution is 2.20. The lowest BCUT2D eigenvalue weighted by Crippen LogP contribution is -2.14. The fourth-order valence-corrected chi connectivity index (χ4v) is 2.39. The van der Waals surface area contributed by atoms with E-state index in [1.807, 2.05) is 23.9 Å². The molecule has 1 aromatic carbocycles. The van der Waals surface area contributed by atoms with Gasteiger partial charge in [-0.2, -0.15) is 11.8 Å². The van der Waals surface area contributed by atoms with Crippen molar-refractivity contribution in [2.45, 2.75) is 13.3 Å². The van der Waals surface area contributed by atoms with Gasteiger partial charge in [0.1, 0.15) is 4.99 Å². The number of benzene rings is 1. The molecule has 0 aliphatic carbocycles. The van der Waals surface area contributed by atoms with Crippen molar-refractivity contribution in [2.24, 2.45) is 5.73 Å². The third kappa shape index (κ3) is 5.15. The SMILES string of the molecule is CCSCCCNc1ccc(Cl)cc1C(N)=S. The van der Waals surface area contributed by atoms with E-state index in [9.17, 15) is 0 Å². The van der Waals surface area contributed by atoms with Crippen molar-refractivity contribution >= 4 is 46.3 Å². The second-order valence-corrected chi connectivity index (χ2v) is 5.80. The molecule has 1 rings (SSSR count). The predicted molar refractivity (Wildman–Crippen MR) is 83.4 cm³/mol. The maximum atomic E-state index is 5.92. The molecule has 0 radical (unpaired) electrons. The molecule has 0 aliphatic rings. The van der Waals surface area contributed by atoms with Gasteiger partial charge in [-0.3, -0.25) is 0 Å². The average Bonchev–Trinajstić information content (AvgIpc) is 2.30. The molecule has 2 nitrogen and oxygen atoms in total. The maximum absolute atomic E-state index is 5.92. The van der Waals surface area contributed by atoms with Gasteiger partial charge >= 0.3 is 0 Å². The van der Waals surface area contributed by atoms with Crippen molar-refractivity contribution in [1.29, 1.82) is 0 Å². The highest BCUT2D eigenvalue weighted by atomic mass is 35.5. The Kier molecular flexibility index (Phi) is 6.70. The summed E-state index contributed by atoms with van der Waals surface area (Å²) in [5, 5.41) is 3.99. The molecule has 0 saturated carbocycles. The summed E-state index contributed by atoms with van der Waals surface area (Å²) in [6.07, 6.45) is 1.12. The first-order chi connectivity index (χ1) is 8.15. The lowest BCUT2D eigenvalue weighted by molar-refractivity contribution is 0.991. The molecule has 0 heterocycles. The van der Waals surface area contributed by atoms with Gasteiger partial charge in [0.25, 0.3) is 0 Å². The molecule has 94 valence electrons. The second kappa shape index (κ2) is 7.80. The standard InChI is InChI=1S/C12H17ClN2S2/c1-2-17-7-3-6-15-11-5-4-9(13)8-10(11)12(14)16/h4-5,8,15H,2-3,6-7H2,1H3,(H2,14,16). The number of nitrogens with one attached hydrogen (secondary N) is 1. The Bertz CT molecular complexity index is 383. The lowest BCUT2D eigenvalue weighted by atomic mass is 10.1. The third-order valence-corrected chi connectivity index (χ3v) is 3.67. The number of thioether (sulfide) groups is 1. The van der Waals surface area contributed by atoms with Crippen molar-refractivity contribution in [3.8, 4) is 0 Å². The highest BCUT2D eigenvalue weighted by molar-refractivity contribution is 7.99. The molecule has 5 heteroatoms. The minimum Gasteiger partial charge on any atom is -0.389 e. The van der Waals surface area contributed by atoms with Crippen LogP contribution < -0.4 is 11.1 Å². The van der Waals surface area contributed by atoms with Crippen LogP contribution in [0.4, 0.5) is 5.69 Å². The molecule has 0 aromatic heterocycles. The van der Waals surface area contributed by atoms with Gasteiger partial charge in [-0.15, -0.1) is 0 Å². The summed E-state index contributed by atoms with van der Waals surface area (Å²) in [4.78, 5) is 0.373. The van der Waals surface area contributed by atoms with Crippen molar-refractivity contribution in [1.82, 2.24) is 0 Å². The zero-order chi connectivity index (χ0) is 12.7. The number of nitrogens with two attached hydrogens (primary N) is 1. The van der Waals surface area contributed by atoms with Gasteiger partial charge < -0.3 is 11.1 Å². The van der Waals surface area contributed by atoms with Gasteiger partial charge in [0.2, 0.25) is 0 Å². The Hall–Kier alpha value is -0.450. The molecule has 0 saturated heterocycles. The Morgan fingerprint density at radius 1 is 1.53 bits per heavy atom. The van der Waals surface area contributed by atoms with E-state index in [1.165, 1.54) is 11.5 Å². The smallest absolute Gasteiger partial charge is 0.106 e. The molecule has 17 heavy (non-hydrogen) atoms. The van der Waals surface area contributed by atoms with Crippen LogP contribution in [-0.4, -0.2) is 23.0 Å². The number of rotatable bonds is 7. The normalized spacial score (nSPS) is 10.2. The van der Waals surface area contributed by atoms with Crippen molar-refractivity contribution in [3.63, 3.8) is 0 Å². The summed E-state index contributed by atoms with van der Waals surface area (Å²) in [5.41, 5.74) is 7.44. The van der Waals surface area contributed by atoms with Crippen LogP contribution in [0.1, 0.15) is 18.9 Å². The van der Waals surface area contributed by atoms with E-state index in [4.69, 9.17) is 29.6 Å². The predicted octanol–water partition coefficient (Wildman–Crippen LogP) is 3.53. The quantitative estimate of drug-likeness (QED) is 0.595. The maximum Gasteiger partial charge on any atom is 0.106 e. The summed E-state index contributed by atoms with van der Waals surface area (Å²) in [5.74, 6) is 2.33. The zero-order valence-electron chi connectivity index (χ0n) is 9.83. The van der Waals surface area contributed by atoms with Crippen molar-refractivity contribution in [3.05, 3.63) is 28.8 Å². The van der Waals surface area contributed by atoms with Crippen LogP contribution in [-0.2, 0) is 0 Å². The van der Waals surface area contributed by atoms with Gasteiger partial charge in [0, 0.05) is 22.8 Å². The van der Waals surface area contributed by atoms with E-state index in [0.29, 0.717) is 10.0 Å². The van der Waals surface area contributed by atoms with E-state index in [1.54, 1.807) is 6.07 Å². The molecule has 0 amide bonds. The molecule has 0 aliphatic heterocycles. The zero-order valence-corrected chi connectivity index (χ0v) is 12.2. The molecular formula is C12H17ClN2S2. The largest absolute Gasteiger partial charge is 0.389 e. The molecule has 0 unspecified atom stereocenters. The van der Waals surface area contributed by atoms with E-state index in [2.05, 4.69) is 12.2 Å². The van der Waals surface area contributed by atoms with E-state index in [-0.39, 0.29) is 0 Å². The molecule has 3 N–H and O–H groups in total. The number of hydrogen-bond acceptors (Lipinski definition) is 3. The van der Waals surface area contributed by atoms with Gasteiger partial charge in [-0.25, -0.2) is 0 Å². The fraction of sp³-hybridized carbons (Fsp3) is 0.417. The summed E-state index contributed by atoms with van der Waals surface area (Å²) < 4.78 is 0. The molecule has 0 fully saturated rings. The first-order valence-corrected chi connectivity index (χ1v) is 7.50. The van der Waals surface area contributed by atoms with Crippen LogP contribution in [0.5, 0.6) is 0 Å². The Labute approximate surface area is 117 Å². The minimum atomic E-state index is 0.373. The number of anilines is 1. The summed E-state index contributed by atoms with van der Waals surface area (Å²) in [6.45, 7) is 3.09. The molecular weight excluding hydrogens is 272 g/mol. The van der Waals surface area contributed by atoms with Crippen molar-refractivity contribution in [2.75, 3.05) is 23.4 Å². The van der Waals surface area contributed by atoms with E-state index >= 15 is 0 Å². The third-order valence-electron chi connectivity index (χ3n) is 2.23. The minimum absolute atomic E-state index is 0.373. The monoisotopic (exact) mass is 288 g/mol. The molecule has 0 atom stereocenters. The first kappa shape index (κ1) is 14.6. The van der Waals surface area contributed by atoms with Crippen LogP contribution in [0, 0.1) is 0 Å². The van der Waals surface area contributed by atoms with Gasteiger partial charge in [-0.1, -0.05) is 30.7 Å². The Morgan fingerprint density at radius 2 is 2.29 bits per heavy atom. The van der Waals surface area contributed by atoms with E-state index < -0.39 is 0 Å². The second-order valence-electron chi connectivity index (χ2n) is 3.53. The molecule has 0 spiro atoms. The Balaban J connectivity index is 2.55. The topological polar surface area (TPSA) is 38.0 Å². The number of thiocarbonyl (C=S) groups is 1. The van der Waals surface area contributed by atoms with Crippen LogP contribution in [0.25, 0.3) is 0 Å². The van der Waals surface area contributed by atoms with E-state index in [0.717, 1.165) is 24.2 Å². The van der Waals surface area contributed by atoms with Crippen molar-refractivity contribution < 1.29 is 0 Å². The first-order valence-electron chi connectivity index (χ1n) is 5.56. The van der Waals surface area contributed by atoms with Crippen LogP contribution in [0.3, 0.4) is 0 Å². The Morgan fingerprint density at radius 3 is 2.94 bits per heavy atom. The van der Waals surface area contributed by atoms with Gasteiger partial charge in [-0.05, 0) is 36.1 Å². The fourth-order valence-electron chi connectivity index (χ4n) is 1.42. The lowest BCUT2D eigenvalue weighted by Gasteiger charge is -2.11. The van der Waals surface area contributed by atoms with Gasteiger partial charge in [0.15, 0.2) is 0 Å². The van der Waals surface area contributed by atoms with Gasteiger partial charge in [0.05, 0.1) is 0 Å². The highest BCUT2D eigenvalue weighted by Gasteiger charge is 2.05. The van der Waals surface area contributed by atoms with Crippen LogP contribution in [0.2, 0.25) is 5.02 Å². The summed E-state index contributed by atoms with van der Waals surface area (Å²) >= 11 is 12.9. The number of hydrogen-bond donors (Lipinski definition) is 2. The van der Waals surface area contributed by atoms with Crippen LogP contribution >= 0.6 is 35.6 Å². The average molecular weight is 289 g/mol. The summed E-state index contributed by atoms with van der Waals surface area (Å²) in [6, 6.07) is 5.56.